The number of aromatic nitrogens is 3. The van der Waals surface area contributed by atoms with Gasteiger partial charge in [-0.05, 0) is 45.7 Å². The third-order valence-corrected chi connectivity index (χ3v) is 4.82. The van der Waals surface area contributed by atoms with Crippen LogP contribution in [-0.4, -0.2) is 38.0 Å². The molecule has 0 saturated heterocycles. The van der Waals surface area contributed by atoms with Crippen LogP contribution in [0.5, 0.6) is 0 Å². The molecule has 0 bridgehead atoms. The molecule has 0 aliphatic heterocycles. The van der Waals surface area contributed by atoms with Crippen LogP contribution in [-0.2, 0) is 4.79 Å². The predicted octanol–water partition coefficient (Wildman–Crippen LogP) is 2.86. The first-order valence-corrected chi connectivity index (χ1v) is 9.62. The number of thioether (sulfide) groups is 1. The predicted molar refractivity (Wildman–Crippen MR) is 100 cm³/mol. The fourth-order valence-electron chi connectivity index (χ4n) is 2.44. The molecule has 3 amide bonds. The summed E-state index contributed by atoms with van der Waals surface area (Å²) in [6, 6.07) is 9.34. The van der Waals surface area contributed by atoms with Crippen molar-refractivity contribution in [1.82, 2.24) is 25.4 Å². The number of rotatable bonds is 6. The molecule has 0 spiro atoms. The summed E-state index contributed by atoms with van der Waals surface area (Å²) < 4.78 is 1.86. The molecule has 1 heterocycles. The highest BCUT2D eigenvalue weighted by Gasteiger charge is 2.31. The molecule has 0 radical (unpaired) electrons. The molecule has 8 heteroatoms. The highest BCUT2D eigenvalue weighted by molar-refractivity contribution is 8.00. The van der Waals surface area contributed by atoms with Crippen molar-refractivity contribution in [3.05, 3.63) is 36.2 Å². The van der Waals surface area contributed by atoms with E-state index in [2.05, 4.69) is 20.7 Å². The largest absolute Gasteiger partial charge is 0.336 e. The maximum absolute atomic E-state index is 12.2. The van der Waals surface area contributed by atoms with Crippen LogP contribution in [0.4, 0.5) is 4.79 Å². The number of nitrogens with one attached hydrogen (secondary N) is 2. The van der Waals surface area contributed by atoms with E-state index >= 15 is 0 Å². The second kappa shape index (κ2) is 7.90. The van der Waals surface area contributed by atoms with E-state index in [1.807, 2.05) is 48.9 Å². The number of carbonyl (C=O) groups excluding carboxylic acids is 2. The molecule has 0 unspecified atom stereocenters. The fourth-order valence-corrected chi connectivity index (χ4v) is 3.20. The van der Waals surface area contributed by atoms with Gasteiger partial charge in [0, 0.05) is 12.0 Å². The lowest BCUT2D eigenvalue weighted by Gasteiger charge is -2.11. The van der Waals surface area contributed by atoms with E-state index in [0.29, 0.717) is 11.1 Å². The summed E-state index contributed by atoms with van der Waals surface area (Å²) in [5.41, 5.74) is 0.960. The van der Waals surface area contributed by atoms with Crippen LogP contribution in [0, 0.1) is 0 Å². The molecule has 1 aromatic carbocycles. The van der Waals surface area contributed by atoms with Gasteiger partial charge in [-0.25, -0.2) is 14.5 Å². The minimum atomic E-state index is -0.487. The van der Waals surface area contributed by atoms with E-state index in [9.17, 15) is 9.59 Å². The zero-order valence-corrected chi connectivity index (χ0v) is 15.9. The molecule has 138 valence electrons. The molecule has 26 heavy (non-hydrogen) atoms. The molecule has 1 saturated carbocycles. The van der Waals surface area contributed by atoms with Gasteiger partial charge in [-0.2, -0.15) is 0 Å². The van der Waals surface area contributed by atoms with E-state index < -0.39 is 11.3 Å². The van der Waals surface area contributed by atoms with Crippen molar-refractivity contribution in [1.29, 1.82) is 0 Å². The average Bonchev–Trinajstić information content (AvgIpc) is 3.35. The number of nitrogens with zero attached hydrogens (tertiary/aromatic N) is 3. The third-order valence-electron chi connectivity index (χ3n) is 3.86. The smallest absolute Gasteiger partial charge is 0.321 e. The van der Waals surface area contributed by atoms with E-state index in [0.717, 1.165) is 24.4 Å². The summed E-state index contributed by atoms with van der Waals surface area (Å²) >= 11 is 1.25. The van der Waals surface area contributed by atoms with Crippen LogP contribution in [0.1, 0.15) is 45.4 Å². The molecular formula is C18H23N5O2S. The highest BCUT2D eigenvalue weighted by Crippen LogP contribution is 2.40. The van der Waals surface area contributed by atoms with Crippen molar-refractivity contribution in [3.8, 4) is 5.69 Å². The Bertz CT molecular complexity index is 786. The molecule has 1 fully saturated rings. The molecule has 1 atom stereocenters. The number of benzene rings is 1. The van der Waals surface area contributed by atoms with Crippen molar-refractivity contribution in [2.45, 2.75) is 56.0 Å². The molecule has 7 nitrogen and oxygen atoms in total. The van der Waals surface area contributed by atoms with Crippen LogP contribution in [0.3, 0.4) is 0 Å². The normalized spacial score (nSPS) is 14.9. The Morgan fingerprint density at radius 3 is 2.50 bits per heavy atom. The minimum Gasteiger partial charge on any atom is -0.336 e. The number of hydrogen-bond donors (Lipinski definition) is 2. The summed E-state index contributed by atoms with van der Waals surface area (Å²) in [6.07, 6.45) is 2.22. The van der Waals surface area contributed by atoms with E-state index in [1.54, 1.807) is 6.92 Å². The van der Waals surface area contributed by atoms with Gasteiger partial charge in [0.25, 0.3) is 0 Å². The first-order chi connectivity index (χ1) is 12.4. The highest BCUT2D eigenvalue weighted by atomic mass is 32.2. The Labute approximate surface area is 157 Å². The molecule has 3 rings (SSSR count). The van der Waals surface area contributed by atoms with E-state index in [4.69, 9.17) is 0 Å². The Morgan fingerprint density at radius 2 is 1.88 bits per heavy atom. The van der Waals surface area contributed by atoms with Gasteiger partial charge in [-0.3, -0.25) is 10.1 Å². The molecule has 1 aliphatic carbocycles. The van der Waals surface area contributed by atoms with Gasteiger partial charge >= 0.3 is 6.03 Å². The van der Waals surface area contributed by atoms with Crippen LogP contribution in [0.2, 0.25) is 0 Å². The summed E-state index contributed by atoms with van der Waals surface area (Å²) in [5, 5.41) is 9.63. The second-order valence-electron chi connectivity index (χ2n) is 6.65. The minimum absolute atomic E-state index is 0.0323. The van der Waals surface area contributed by atoms with Crippen molar-refractivity contribution < 1.29 is 9.59 Å². The zero-order chi connectivity index (χ0) is 18.7. The lowest BCUT2D eigenvalue weighted by molar-refractivity contribution is -0.119. The van der Waals surface area contributed by atoms with Crippen molar-refractivity contribution in [3.63, 3.8) is 0 Å². The Kier molecular flexibility index (Phi) is 5.61. The van der Waals surface area contributed by atoms with Gasteiger partial charge < -0.3 is 5.32 Å². The first-order valence-electron chi connectivity index (χ1n) is 8.74. The summed E-state index contributed by atoms with van der Waals surface area (Å²) in [5.74, 6) is 0.999. The Balaban J connectivity index is 1.70. The number of carbonyl (C=O) groups is 2. The van der Waals surface area contributed by atoms with E-state index in [-0.39, 0.29) is 11.9 Å². The standard InChI is InChI=1S/C18H23N5O2S/c1-11(2)19-17(25)21-16(24)12(3)26-18-20-15(13-9-10-13)23(22-18)14-7-5-4-6-8-14/h4-8,11-13H,9-10H2,1-3H3,(H2,19,21,24,25)/t12-/m1/s1. The van der Waals surface area contributed by atoms with Gasteiger partial charge in [0.05, 0.1) is 10.9 Å². The number of urea groups is 1. The van der Waals surface area contributed by atoms with Gasteiger partial charge in [0.2, 0.25) is 11.1 Å². The van der Waals surface area contributed by atoms with Gasteiger partial charge in [-0.1, -0.05) is 30.0 Å². The maximum atomic E-state index is 12.2. The summed E-state index contributed by atoms with van der Waals surface area (Å²) in [4.78, 5) is 28.5. The van der Waals surface area contributed by atoms with Crippen molar-refractivity contribution in [2.24, 2.45) is 0 Å². The lowest BCUT2D eigenvalue weighted by atomic mass is 10.3. The Morgan fingerprint density at radius 1 is 1.19 bits per heavy atom. The van der Waals surface area contributed by atoms with Gasteiger partial charge in [0.1, 0.15) is 5.82 Å². The Hall–Kier alpha value is -2.35. The maximum Gasteiger partial charge on any atom is 0.321 e. The monoisotopic (exact) mass is 373 g/mol. The van der Waals surface area contributed by atoms with Crippen LogP contribution >= 0.6 is 11.8 Å². The quantitative estimate of drug-likeness (QED) is 0.760. The first kappa shape index (κ1) is 18.4. The lowest BCUT2D eigenvalue weighted by Crippen LogP contribution is -2.45. The summed E-state index contributed by atoms with van der Waals surface area (Å²) in [7, 11) is 0. The zero-order valence-electron chi connectivity index (χ0n) is 15.1. The number of amides is 3. The number of hydrogen-bond acceptors (Lipinski definition) is 5. The molecule has 1 aliphatic rings. The summed E-state index contributed by atoms with van der Waals surface area (Å²) in [6.45, 7) is 5.41. The number of imide groups is 1. The van der Waals surface area contributed by atoms with Gasteiger partial charge in [0.15, 0.2) is 0 Å². The molecule has 1 aromatic heterocycles. The van der Waals surface area contributed by atoms with E-state index in [1.165, 1.54) is 11.8 Å². The average molecular weight is 373 g/mol. The van der Waals surface area contributed by atoms with Crippen molar-refractivity contribution in [2.75, 3.05) is 0 Å². The topological polar surface area (TPSA) is 88.9 Å². The van der Waals surface area contributed by atoms with Crippen LogP contribution < -0.4 is 10.6 Å². The van der Waals surface area contributed by atoms with Crippen LogP contribution in [0.15, 0.2) is 35.5 Å². The fraction of sp³-hybridized carbons (Fsp3) is 0.444. The van der Waals surface area contributed by atoms with Crippen molar-refractivity contribution >= 4 is 23.7 Å². The molecule has 2 N–H and O–H groups in total. The molecular weight excluding hydrogens is 350 g/mol. The van der Waals surface area contributed by atoms with Crippen LogP contribution in [0.25, 0.3) is 5.69 Å². The molecule has 2 aromatic rings. The second-order valence-corrected chi connectivity index (χ2v) is 7.96. The van der Waals surface area contributed by atoms with Gasteiger partial charge in [-0.15, -0.1) is 5.10 Å². The third kappa shape index (κ3) is 4.63. The SMILES string of the molecule is CC(C)NC(=O)NC(=O)[C@@H](C)Sc1nc(C2CC2)n(-c2ccccc2)n1. The number of para-hydroxylation sites is 1.